The molecule has 0 amide bonds. The highest BCUT2D eigenvalue weighted by Gasteiger charge is 2.46. The molecule has 1 aliphatic carbocycles. The molecule has 4 aromatic rings. The Kier molecular flexibility index (Phi) is 4.95. The third-order valence-corrected chi connectivity index (χ3v) is 6.93. The van der Waals surface area contributed by atoms with Crippen molar-refractivity contribution in [2.24, 2.45) is 0 Å². The molecular weight excluding hydrogens is 433 g/mol. The quantitative estimate of drug-likeness (QED) is 0.460. The third kappa shape index (κ3) is 3.38. The molecule has 0 bridgehead atoms. The largest absolute Gasteiger partial charge is 0.324 e. The van der Waals surface area contributed by atoms with E-state index in [1.807, 2.05) is 31.2 Å². The molecule has 1 aliphatic heterocycles. The molecule has 34 heavy (non-hydrogen) atoms. The molecule has 8 nitrogen and oxygen atoms in total. The molecule has 0 spiro atoms. The van der Waals surface area contributed by atoms with E-state index in [0.717, 1.165) is 43.7 Å². The smallest absolute Gasteiger partial charge is 0.278 e. The molecular formula is C25H26FN7O. The number of fused-ring (bicyclic) bond motifs is 2. The zero-order valence-corrected chi connectivity index (χ0v) is 19.0. The minimum Gasteiger partial charge on any atom is -0.324 e. The predicted molar refractivity (Wildman–Crippen MR) is 129 cm³/mol. The van der Waals surface area contributed by atoms with Crippen LogP contribution in [0.3, 0.4) is 0 Å². The lowest BCUT2D eigenvalue weighted by molar-refractivity contribution is 0.411. The molecule has 1 saturated carbocycles. The molecule has 2 aliphatic rings. The van der Waals surface area contributed by atoms with Crippen LogP contribution in [0.15, 0.2) is 47.4 Å². The van der Waals surface area contributed by atoms with Crippen LogP contribution in [0.1, 0.15) is 36.6 Å². The molecule has 174 valence electrons. The first-order chi connectivity index (χ1) is 16.6. The SMILES string of the molecule is CCn1c(=O)c2cnc(Nc3ccc4c(c3)CCNC4)nc2n1-c1cccc(C2(CF)CC2)n1. The monoisotopic (exact) mass is 459 g/mol. The fourth-order valence-electron chi connectivity index (χ4n) is 4.74. The summed E-state index contributed by atoms with van der Waals surface area (Å²) in [4.78, 5) is 27.0. The zero-order valence-electron chi connectivity index (χ0n) is 19.0. The van der Waals surface area contributed by atoms with Crippen molar-refractivity contribution in [2.75, 3.05) is 18.5 Å². The molecule has 6 rings (SSSR count). The van der Waals surface area contributed by atoms with Gasteiger partial charge in [-0.25, -0.2) is 19.3 Å². The summed E-state index contributed by atoms with van der Waals surface area (Å²) < 4.78 is 17.0. The first-order valence-electron chi connectivity index (χ1n) is 11.7. The Labute approximate surface area is 195 Å². The highest BCUT2D eigenvalue weighted by Crippen LogP contribution is 2.47. The number of nitrogens with one attached hydrogen (secondary N) is 2. The van der Waals surface area contributed by atoms with Gasteiger partial charge in [0.15, 0.2) is 11.5 Å². The number of hydrogen-bond donors (Lipinski definition) is 2. The Bertz CT molecular complexity index is 1450. The van der Waals surface area contributed by atoms with Crippen LogP contribution in [0.4, 0.5) is 16.0 Å². The zero-order chi connectivity index (χ0) is 23.3. The molecule has 0 saturated heterocycles. The summed E-state index contributed by atoms with van der Waals surface area (Å²) in [6.07, 6.45) is 4.12. The number of nitrogens with zero attached hydrogens (tertiary/aromatic N) is 5. The molecule has 2 N–H and O–H groups in total. The maximum atomic E-state index is 13.7. The molecule has 0 radical (unpaired) electrons. The van der Waals surface area contributed by atoms with E-state index in [2.05, 4.69) is 27.8 Å². The summed E-state index contributed by atoms with van der Waals surface area (Å²) >= 11 is 0. The fraction of sp³-hybridized carbons (Fsp3) is 0.360. The van der Waals surface area contributed by atoms with Crippen molar-refractivity contribution in [1.29, 1.82) is 0 Å². The van der Waals surface area contributed by atoms with E-state index in [1.165, 1.54) is 11.1 Å². The number of benzene rings is 1. The van der Waals surface area contributed by atoms with E-state index in [0.29, 0.717) is 29.3 Å². The van der Waals surface area contributed by atoms with Gasteiger partial charge in [0.25, 0.3) is 5.56 Å². The van der Waals surface area contributed by atoms with Crippen LogP contribution < -0.4 is 16.2 Å². The van der Waals surface area contributed by atoms with Crippen molar-refractivity contribution in [1.82, 2.24) is 29.6 Å². The average Bonchev–Trinajstić information content (AvgIpc) is 3.63. The number of alkyl halides is 1. The summed E-state index contributed by atoms with van der Waals surface area (Å²) in [5.74, 6) is 0.957. The average molecular weight is 460 g/mol. The topological polar surface area (TPSA) is 89.7 Å². The molecule has 0 atom stereocenters. The number of halogens is 1. The Morgan fingerprint density at radius 3 is 2.85 bits per heavy atom. The lowest BCUT2D eigenvalue weighted by Crippen LogP contribution is -2.23. The maximum Gasteiger partial charge on any atom is 0.278 e. The van der Waals surface area contributed by atoms with Crippen LogP contribution in [-0.4, -0.2) is 37.5 Å². The van der Waals surface area contributed by atoms with Crippen molar-refractivity contribution < 1.29 is 4.39 Å². The minimum atomic E-state index is -0.486. The van der Waals surface area contributed by atoms with E-state index in [4.69, 9.17) is 9.97 Å². The first kappa shape index (κ1) is 21.0. The number of pyridine rings is 1. The molecule has 0 unspecified atom stereocenters. The van der Waals surface area contributed by atoms with Gasteiger partial charge in [-0.2, -0.15) is 4.98 Å². The highest BCUT2D eigenvalue weighted by molar-refractivity contribution is 5.77. The molecule has 4 heterocycles. The Hall–Kier alpha value is -3.59. The van der Waals surface area contributed by atoms with Crippen molar-refractivity contribution in [3.8, 4) is 5.82 Å². The Morgan fingerprint density at radius 2 is 2.06 bits per heavy atom. The Balaban J connectivity index is 1.43. The number of anilines is 2. The van der Waals surface area contributed by atoms with Crippen LogP contribution in [0.2, 0.25) is 0 Å². The van der Waals surface area contributed by atoms with Crippen molar-refractivity contribution in [3.63, 3.8) is 0 Å². The van der Waals surface area contributed by atoms with Crippen LogP contribution in [-0.2, 0) is 24.9 Å². The number of aromatic nitrogens is 5. The second-order valence-electron chi connectivity index (χ2n) is 9.09. The van der Waals surface area contributed by atoms with Gasteiger partial charge < -0.3 is 10.6 Å². The van der Waals surface area contributed by atoms with Crippen LogP contribution in [0.25, 0.3) is 16.9 Å². The van der Waals surface area contributed by atoms with E-state index >= 15 is 0 Å². The number of hydrogen-bond acceptors (Lipinski definition) is 6. The van der Waals surface area contributed by atoms with E-state index in [9.17, 15) is 9.18 Å². The third-order valence-electron chi connectivity index (χ3n) is 6.93. The predicted octanol–water partition coefficient (Wildman–Crippen LogP) is 3.39. The summed E-state index contributed by atoms with van der Waals surface area (Å²) in [5.41, 5.74) is 4.05. The Morgan fingerprint density at radius 1 is 1.18 bits per heavy atom. The van der Waals surface area contributed by atoms with Crippen LogP contribution in [0, 0.1) is 0 Å². The van der Waals surface area contributed by atoms with Crippen molar-refractivity contribution in [2.45, 2.75) is 44.7 Å². The molecule has 1 aromatic carbocycles. The van der Waals surface area contributed by atoms with Gasteiger partial charge in [-0.15, -0.1) is 0 Å². The van der Waals surface area contributed by atoms with Gasteiger partial charge in [-0.1, -0.05) is 12.1 Å². The lowest BCUT2D eigenvalue weighted by Gasteiger charge is -2.18. The minimum absolute atomic E-state index is 0.177. The van der Waals surface area contributed by atoms with Gasteiger partial charge in [0.2, 0.25) is 5.95 Å². The van der Waals surface area contributed by atoms with E-state index in [1.54, 1.807) is 15.6 Å². The molecule has 3 aromatic heterocycles. The van der Waals surface area contributed by atoms with E-state index in [-0.39, 0.29) is 5.56 Å². The van der Waals surface area contributed by atoms with E-state index < -0.39 is 12.1 Å². The summed E-state index contributed by atoms with van der Waals surface area (Å²) in [6, 6.07) is 11.8. The summed E-state index contributed by atoms with van der Waals surface area (Å²) in [7, 11) is 0. The van der Waals surface area contributed by atoms with Gasteiger partial charge in [0.1, 0.15) is 12.1 Å². The van der Waals surface area contributed by atoms with Crippen molar-refractivity contribution in [3.05, 3.63) is 69.8 Å². The van der Waals surface area contributed by atoms with Crippen molar-refractivity contribution >= 4 is 22.7 Å². The molecule has 9 heteroatoms. The van der Waals surface area contributed by atoms with Gasteiger partial charge >= 0.3 is 0 Å². The summed E-state index contributed by atoms with van der Waals surface area (Å²) in [6.45, 7) is 3.76. The number of rotatable bonds is 6. The van der Waals surface area contributed by atoms with Gasteiger partial charge in [0.05, 0.1) is 5.69 Å². The maximum absolute atomic E-state index is 13.7. The van der Waals surface area contributed by atoms with Gasteiger partial charge in [0, 0.05) is 30.4 Å². The highest BCUT2D eigenvalue weighted by atomic mass is 19.1. The second kappa shape index (κ2) is 8.02. The summed E-state index contributed by atoms with van der Waals surface area (Å²) in [5, 5.41) is 7.09. The van der Waals surface area contributed by atoms with Gasteiger partial charge in [-0.3, -0.25) is 9.18 Å². The first-order valence-corrected chi connectivity index (χ1v) is 11.7. The lowest BCUT2D eigenvalue weighted by atomic mass is 10.0. The van der Waals surface area contributed by atoms with Gasteiger partial charge in [-0.05, 0) is 68.1 Å². The fourth-order valence-corrected chi connectivity index (χ4v) is 4.74. The normalized spacial score (nSPS) is 16.4. The van der Waals surface area contributed by atoms with Crippen LogP contribution >= 0.6 is 0 Å². The molecule has 1 fully saturated rings. The second-order valence-corrected chi connectivity index (χ2v) is 9.09. The van der Waals surface area contributed by atoms with Crippen LogP contribution in [0.5, 0.6) is 0 Å². The standard InChI is InChI=1S/C25H26FN7O/c1-2-32-23(34)19-14-28-24(29-18-7-6-17-13-27-11-8-16(17)12-18)31-22(19)33(32)21-5-3-4-20(30-21)25(15-26)9-10-25/h3-7,12,14,27H,2,8-11,13,15H2,1H3,(H,28,29,31).